The quantitative estimate of drug-likeness (QED) is 0.242. The highest BCUT2D eigenvalue weighted by molar-refractivity contribution is 6.32. The summed E-state index contributed by atoms with van der Waals surface area (Å²) in [4.78, 5) is 12.7. The van der Waals surface area contributed by atoms with Crippen LogP contribution in [0.2, 0.25) is 5.02 Å². The molecule has 0 bridgehead atoms. The fourth-order valence-electron chi connectivity index (χ4n) is 3.48. The Morgan fingerprint density at radius 3 is 2.34 bits per heavy atom. The highest BCUT2D eigenvalue weighted by atomic mass is 35.5. The van der Waals surface area contributed by atoms with Crippen molar-refractivity contribution in [2.75, 3.05) is 14.2 Å². The van der Waals surface area contributed by atoms with Crippen LogP contribution >= 0.6 is 11.6 Å². The van der Waals surface area contributed by atoms with Gasteiger partial charge in [-0.05, 0) is 58.3 Å². The lowest BCUT2D eigenvalue weighted by molar-refractivity contribution is 0.0952. The van der Waals surface area contributed by atoms with Crippen molar-refractivity contribution in [3.63, 3.8) is 0 Å². The molecule has 0 unspecified atom stereocenters. The Hall–Kier alpha value is -4.10. The molecule has 4 aromatic rings. The van der Waals surface area contributed by atoms with Gasteiger partial charge in [-0.1, -0.05) is 48.0 Å². The van der Waals surface area contributed by atoms with E-state index < -0.39 is 5.91 Å². The lowest BCUT2D eigenvalue weighted by Gasteiger charge is -2.13. The van der Waals surface area contributed by atoms with E-state index in [-0.39, 0.29) is 12.4 Å². The number of benzene rings is 4. The molecule has 178 valence electrons. The van der Waals surface area contributed by atoms with Gasteiger partial charge in [0.15, 0.2) is 11.5 Å². The van der Waals surface area contributed by atoms with Crippen molar-refractivity contribution in [1.29, 1.82) is 0 Å². The molecule has 0 fully saturated rings. The molecule has 0 aliphatic carbocycles. The van der Waals surface area contributed by atoms with E-state index in [1.807, 2.05) is 30.3 Å². The number of halogens is 2. The molecule has 1 amide bonds. The normalized spacial score (nSPS) is 11.0. The largest absolute Gasteiger partial charge is 0.496 e. The standard InChI is InChI=1S/C27H22ClFN2O4/c1-33-24-14-20-6-4-3-5-19(20)13-22(24)27(32)31-30-15-18-11-23(28)26(25(12-18)34-2)35-16-17-7-9-21(29)10-8-17/h3-15H,16H2,1-2H3,(H,31,32). The number of hydrogen-bond acceptors (Lipinski definition) is 5. The van der Waals surface area contributed by atoms with Gasteiger partial charge < -0.3 is 14.2 Å². The fourth-order valence-corrected chi connectivity index (χ4v) is 3.76. The predicted octanol–water partition coefficient (Wildman–Crippen LogP) is 5.99. The maximum absolute atomic E-state index is 13.1. The first-order chi connectivity index (χ1) is 17.0. The number of amides is 1. The number of nitrogens with zero attached hydrogens (tertiary/aromatic N) is 1. The zero-order chi connectivity index (χ0) is 24.8. The Morgan fingerprint density at radius 1 is 0.971 bits per heavy atom. The Morgan fingerprint density at radius 2 is 1.66 bits per heavy atom. The monoisotopic (exact) mass is 492 g/mol. The first-order valence-corrected chi connectivity index (χ1v) is 11.0. The lowest BCUT2D eigenvalue weighted by Crippen LogP contribution is -2.18. The second kappa shape index (κ2) is 10.9. The summed E-state index contributed by atoms with van der Waals surface area (Å²) < 4.78 is 29.7. The number of hydrazone groups is 1. The van der Waals surface area contributed by atoms with Crippen molar-refractivity contribution >= 4 is 34.5 Å². The SMILES string of the molecule is COc1cc2ccccc2cc1C(=O)NN=Cc1cc(Cl)c(OCc2ccc(F)cc2)c(OC)c1. The van der Waals surface area contributed by atoms with Gasteiger partial charge in [0, 0.05) is 0 Å². The van der Waals surface area contributed by atoms with Crippen LogP contribution in [-0.4, -0.2) is 26.3 Å². The first-order valence-electron chi connectivity index (χ1n) is 10.6. The van der Waals surface area contributed by atoms with Crippen LogP contribution in [0.1, 0.15) is 21.5 Å². The van der Waals surface area contributed by atoms with Gasteiger partial charge in [-0.15, -0.1) is 0 Å². The molecule has 0 saturated carbocycles. The molecule has 4 aromatic carbocycles. The van der Waals surface area contributed by atoms with Gasteiger partial charge in [0.1, 0.15) is 18.2 Å². The molecule has 0 heterocycles. The fraction of sp³-hybridized carbons (Fsp3) is 0.111. The first kappa shape index (κ1) is 24.0. The van der Waals surface area contributed by atoms with E-state index in [9.17, 15) is 9.18 Å². The minimum atomic E-state index is -0.416. The lowest BCUT2D eigenvalue weighted by atomic mass is 10.1. The van der Waals surface area contributed by atoms with Crippen molar-refractivity contribution in [3.8, 4) is 17.2 Å². The topological polar surface area (TPSA) is 69.2 Å². The van der Waals surface area contributed by atoms with Gasteiger partial charge >= 0.3 is 0 Å². The number of hydrogen-bond donors (Lipinski definition) is 1. The molecular formula is C27H22ClFN2O4. The van der Waals surface area contributed by atoms with E-state index in [0.717, 1.165) is 16.3 Å². The Labute approximate surface area is 206 Å². The molecule has 0 spiro atoms. The molecule has 0 aromatic heterocycles. The molecule has 35 heavy (non-hydrogen) atoms. The van der Waals surface area contributed by atoms with Gasteiger partial charge in [-0.2, -0.15) is 5.10 Å². The highest BCUT2D eigenvalue weighted by Crippen LogP contribution is 2.36. The number of carbonyl (C=O) groups is 1. The Kier molecular flexibility index (Phi) is 7.48. The molecule has 0 atom stereocenters. The number of fused-ring (bicyclic) bond motifs is 1. The van der Waals surface area contributed by atoms with Gasteiger partial charge in [0.05, 0.1) is 31.0 Å². The number of carbonyl (C=O) groups excluding carboxylic acids is 1. The summed E-state index contributed by atoms with van der Waals surface area (Å²) in [6.45, 7) is 0.188. The smallest absolute Gasteiger partial charge is 0.275 e. The third-order valence-corrected chi connectivity index (χ3v) is 5.52. The van der Waals surface area contributed by atoms with Crippen molar-refractivity contribution in [1.82, 2.24) is 5.43 Å². The van der Waals surface area contributed by atoms with Crippen molar-refractivity contribution in [2.45, 2.75) is 6.61 Å². The summed E-state index contributed by atoms with van der Waals surface area (Å²) in [5, 5.41) is 6.23. The summed E-state index contributed by atoms with van der Waals surface area (Å²) in [6.07, 6.45) is 1.45. The minimum Gasteiger partial charge on any atom is -0.496 e. The minimum absolute atomic E-state index is 0.188. The van der Waals surface area contributed by atoms with Crippen LogP contribution in [0.25, 0.3) is 10.8 Å². The third kappa shape index (κ3) is 5.70. The maximum Gasteiger partial charge on any atom is 0.275 e. The van der Waals surface area contributed by atoms with E-state index >= 15 is 0 Å². The number of nitrogens with one attached hydrogen (secondary N) is 1. The number of ether oxygens (including phenoxy) is 3. The Balaban J connectivity index is 1.48. The van der Waals surface area contributed by atoms with Gasteiger partial charge in [0.25, 0.3) is 5.91 Å². The summed E-state index contributed by atoms with van der Waals surface area (Å²) in [5.74, 6) is 0.452. The van der Waals surface area contributed by atoms with Crippen molar-refractivity contribution in [3.05, 3.63) is 100 Å². The van der Waals surface area contributed by atoms with Crippen molar-refractivity contribution < 1.29 is 23.4 Å². The van der Waals surface area contributed by atoms with E-state index in [1.165, 1.54) is 32.6 Å². The van der Waals surface area contributed by atoms with Crippen LogP contribution in [0.4, 0.5) is 4.39 Å². The molecule has 4 rings (SSSR count). The summed E-state index contributed by atoms with van der Waals surface area (Å²) in [7, 11) is 3.00. The summed E-state index contributed by atoms with van der Waals surface area (Å²) in [6, 6.07) is 20.5. The highest BCUT2D eigenvalue weighted by Gasteiger charge is 2.14. The molecular weight excluding hydrogens is 471 g/mol. The van der Waals surface area contributed by atoms with E-state index in [1.54, 1.807) is 30.3 Å². The average Bonchev–Trinajstić information content (AvgIpc) is 2.87. The average molecular weight is 493 g/mol. The predicted molar refractivity (Wildman–Crippen MR) is 134 cm³/mol. The molecule has 1 N–H and O–H groups in total. The van der Waals surface area contributed by atoms with E-state index in [0.29, 0.717) is 33.4 Å². The van der Waals surface area contributed by atoms with Crippen molar-refractivity contribution in [2.24, 2.45) is 5.10 Å². The molecule has 8 heteroatoms. The zero-order valence-electron chi connectivity index (χ0n) is 19.0. The molecule has 0 aliphatic rings. The second-order valence-corrected chi connectivity index (χ2v) is 7.96. The van der Waals surface area contributed by atoms with Crippen LogP contribution in [0.5, 0.6) is 17.2 Å². The van der Waals surface area contributed by atoms with Crippen LogP contribution in [-0.2, 0) is 6.61 Å². The zero-order valence-corrected chi connectivity index (χ0v) is 19.8. The molecule has 6 nitrogen and oxygen atoms in total. The molecule has 0 radical (unpaired) electrons. The van der Waals surface area contributed by atoms with Gasteiger partial charge in [-0.3, -0.25) is 4.79 Å². The van der Waals surface area contributed by atoms with E-state index in [2.05, 4.69) is 10.5 Å². The number of rotatable bonds is 8. The van der Waals surface area contributed by atoms with Gasteiger partial charge in [-0.25, -0.2) is 9.82 Å². The number of methoxy groups -OCH3 is 2. The van der Waals surface area contributed by atoms with Crippen LogP contribution in [0.3, 0.4) is 0 Å². The molecule has 0 aliphatic heterocycles. The van der Waals surface area contributed by atoms with Gasteiger partial charge in [0.2, 0.25) is 0 Å². The van der Waals surface area contributed by atoms with Crippen LogP contribution in [0, 0.1) is 5.82 Å². The third-order valence-electron chi connectivity index (χ3n) is 5.24. The summed E-state index contributed by atoms with van der Waals surface area (Å²) in [5.41, 5.74) is 4.25. The maximum atomic E-state index is 13.1. The summed E-state index contributed by atoms with van der Waals surface area (Å²) >= 11 is 6.41. The van der Waals surface area contributed by atoms with Crippen LogP contribution in [0.15, 0.2) is 77.9 Å². The second-order valence-electron chi connectivity index (χ2n) is 7.55. The van der Waals surface area contributed by atoms with Crippen LogP contribution < -0.4 is 19.6 Å². The van der Waals surface area contributed by atoms with E-state index in [4.69, 9.17) is 25.8 Å². The molecule has 0 saturated heterocycles. The Bertz CT molecular complexity index is 1390.